The van der Waals surface area contributed by atoms with Gasteiger partial charge in [0, 0.05) is 12.5 Å². The van der Waals surface area contributed by atoms with Crippen LogP contribution in [0.1, 0.15) is 29.9 Å². The summed E-state index contributed by atoms with van der Waals surface area (Å²) in [5.74, 6) is -0.442. The fourth-order valence-electron chi connectivity index (χ4n) is 2.30. The summed E-state index contributed by atoms with van der Waals surface area (Å²) in [5, 5.41) is 0. The highest BCUT2D eigenvalue weighted by Gasteiger charge is 2.39. The van der Waals surface area contributed by atoms with Gasteiger partial charge in [0.05, 0.1) is 0 Å². The molecule has 2 unspecified atom stereocenters. The lowest BCUT2D eigenvalue weighted by Gasteiger charge is -2.37. The predicted octanol–water partition coefficient (Wildman–Crippen LogP) is 2.90. The first-order chi connectivity index (χ1) is 7.24. The highest BCUT2D eigenvalue weighted by Crippen LogP contribution is 2.46. The molecule has 0 amide bonds. The number of hydrogen-bond donors (Lipinski definition) is 1. The molecule has 1 nitrogen and oxygen atoms in total. The Labute approximate surface area is 88.3 Å². The van der Waals surface area contributed by atoms with Crippen molar-refractivity contribution in [1.82, 2.24) is 0 Å². The first kappa shape index (κ1) is 10.6. The molecule has 2 N–H and O–H groups in total. The van der Waals surface area contributed by atoms with Crippen molar-refractivity contribution < 1.29 is 8.78 Å². The van der Waals surface area contributed by atoms with Gasteiger partial charge in [-0.2, -0.15) is 0 Å². The highest BCUT2D eigenvalue weighted by atomic mass is 19.3. The Morgan fingerprint density at radius 2 is 2.00 bits per heavy atom. The molecule has 1 fully saturated rings. The highest BCUT2D eigenvalue weighted by molar-refractivity contribution is 5.32. The Balaban J connectivity index is 2.22. The SMILES string of the molecule is NCc1ccccc1C1CCC1C(F)F. The van der Waals surface area contributed by atoms with E-state index in [9.17, 15) is 8.78 Å². The number of benzene rings is 1. The first-order valence-corrected chi connectivity index (χ1v) is 5.30. The van der Waals surface area contributed by atoms with Crippen LogP contribution in [-0.2, 0) is 6.54 Å². The minimum atomic E-state index is -2.20. The summed E-state index contributed by atoms with van der Waals surface area (Å²) >= 11 is 0. The average Bonchev–Trinajstić information content (AvgIpc) is 2.16. The van der Waals surface area contributed by atoms with Gasteiger partial charge in [-0.15, -0.1) is 0 Å². The van der Waals surface area contributed by atoms with Crippen LogP contribution in [0.4, 0.5) is 8.78 Å². The number of hydrogen-bond acceptors (Lipinski definition) is 1. The van der Waals surface area contributed by atoms with Crippen LogP contribution in [0.25, 0.3) is 0 Å². The number of nitrogens with two attached hydrogens (primary N) is 1. The molecule has 1 aromatic carbocycles. The quantitative estimate of drug-likeness (QED) is 0.817. The summed E-state index contributed by atoms with van der Waals surface area (Å²) in [6, 6.07) is 7.66. The monoisotopic (exact) mass is 211 g/mol. The Bertz CT molecular complexity index is 338. The average molecular weight is 211 g/mol. The van der Waals surface area contributed by atoms with Crippen LogP contribution in [0.3, 0.4) is 0 Å². The van der Waals surface area contributed by atoms with E-state index in [-0.39, 0.29) is 5.92 Å². The molecule has 0 bridgehead atoms. The maximum atomic E-state index is 12.6. The second-order valence-corrected chi connectivity index (χ2v) is 4.09. The van der Waals surface area contributed by atoms with Crippen molar-refractivity contribution in [2.24, 2.45) is 11.7 Å². The number of alkyl halides is 2. The summed E-state index contributed by atoms with van der Waals surface area (Å²) in [7, 11) is 0. The third kappa shape index (κ3) is 1.88. The van der Waals surface area contributed by atoms with Gasteiger partial charge >= 0.3 is 0 Å². The maximum Gasteiger partial charge on any atom is 0.242 e. The van der Waals surface area contributed by atoms with Crippen molar-refractivity contribution in [2.45, 2.75) is 31.7 Å². The van der Waals surface area contributed by atoms with Gasteiger partial charge in [-0.3, -0.25) is 0 Å². The third-order valence-electron chi connectivity index (χ3n) is 3.33. The van der Waals surface area contributed by atoms with Gasteiger partial charge in [0.15, 0.2) is 0 Å². The first-order valence-electron chi connectivity index (χ1n) is 5.30. The maximum absolute atomic E-state index is 12.6. The summed E-state index contributed by atoms with van der Waals surface area (Å²) in [5.41, 5.74) is 7.63. The predicted molar refractivity (Wildman–Crippen MR) is 55.8 cm³/mol. The fraction of sp³-hybridized carbons (Fsp3) is 0.500. The molecular formula is C12H15F2N. The molecule has 1 saturated carbocycles. The van der Waals surface area contributed by atoms with Crippen LogP contribution in [0.15, 0.2) is 24.3 Å². The number of rotatable bonds is 3. The molecule has 2 rings (SSSR count). The molecule has 0 aromatic heterocycles. The van der Waals surface area contributed by atoms with Crippen molar-refractivity contribution in [3.05, 3.63) is 35.4 Å². The lowest BCUT2D eigenvalue weighted by Crippen LogP contribution is -2.30. The minimum absolute atomic E-state index is 0.0183. The second-order valence-electron chi connectivity index (χ2n) is 4.09. The number of halogens is 2. The summed E-state index contributed by atoms with van der Waals surface area (Å²) in [6.07, 6.45) is -0.692. The Morgan fingerprint density at radius 3 is 2.53 bits per heavy atom. The summed E-state index contributed by atoms with van der Waals surface area (Å²) < 4.78 is 25.2. The molecular weight excluding hydrogens is 196 g/mol. The van der Waals surface area contributed by atoms with E-state index in [1.165, 1.54) is 0 Å². The van der Waals surface area contributed by atoms with E-state index in [2.05, 4.69) is 0 Å². The van der Waals surface area contributed by atoms with E-state index in [1.54, 1.807) is 0 Å². The molecule has 0 heterocycles. The fourth-order valence-corrected chi connectivity index (χ4v) is 2.30. The molecule has 1 aromatic rings. The van der Waals surface area contributed by atoms with Gasteiger partial charge < -0.3 is 5.73 Å². The third-order valence-corrected chi connectivity index (χ3v) is 3.33. The second kappa shape index (κ2) is 4.27. The molecule has 1 aliphatic rings. The van der Waals surface area contributed by atoms with Gasteiger partial charge in [-0.05, 0) is 29.9 Å². The van der Waals surface area contributed by atoms with Crippen molar-refractivity contribution in [3.8, 4) is 0 Å². The molecule has 15 heavy (non-hydrogen) atoms. The van der Waals surface area contributed by atoms with E-state index in [4.69, 9.17) is 5.73 Å². The molecule has 0 saturated heterocycles. The van der Waals surface area contributed by atoms with E-state index in [1.807, 2.05) is 24.3 Å². The van der Waals surface area contributed by atoms with Crippen LogP contribution < -0.4 is 5.73 Å². The van der Waals surface area contributed by atoms with Gasteiger partial charge in [0.25, 0.3) is 0 Å². The van der Waals surface area contributed by atoms with E-state index in [0.29, 0.717) is 13.0 Å². The molecule has 82 valence electrons. The zero-order valence-corrected chi connectivity index (χ0v) is 8.50. The van der Waals surface area contributed by atoms with Crippen molar-refractivity contribution in [3.63, 3.8) is 0 Å². The largest absolute Gasteiger partial charge is 0.326 e. The van der Waals surface area contributed by atoms with E-state index >= 15 is 0 Å². The normalized spacial score (nSPS) is 25.3. The van der Waals surface area contributed by atoms with Crippen LogP contribution in [0.2, 0.25) is 0 Å². The van der Waals surface area contributed by atoms with Gasteiger partial charge in [-0.1, -0.05) is 24.3 Å². The standard InChI is InChI=1S/C12H15F2N/c13-12(14)11-6-5-10(11)9-4-2-1-3-8(9)7-15/h1-4,10-12H,5-7,15H2. The van der Waals surface area contributed by atoms with Crippen molar-refractivity contribution in [1.29, 1.82) is 0 Å². The van der Waals surface area contributed by atoms with Crippen LogP contribution in [-0.4, -0.2) is 6.43 Å². The Kier molecular flexibility index (Phi) is 3.00. The van der Waals surface area contributed by atoms with Gasteiger partial charge in [0.2, 0.25) is 6.43 Å². The van der Waals surface area contributed by atoms with Crippen LogP contribution >= 0.6 is 0 Å². The lowest BCUT2D eigenvalue weighted by molar-refractivity contribution is 0.0166. The van der Waals surface area contributed by atoms with Gasteiger partial charge in [-0.25, -0.2) is 8.78 Å². The van der Waals surface area contributed by atoms with Crippen molar-refractivity contribution >= 4 is 0 Å². The summed E-state index contributed by atoms with van der Waals surface area (Å²) in [6.45, 7) is 0.433. The molecule has 0 aliphatic heterocycles. The smallest absolute Gasteiger partial charge is 0.242 e. The minimum Gasteiger partial charge on any atom is -0.326 e. The zero-order chi connectivity index (χ0) is 10.8. The van der Waals surface area contributed by atoms with E-state index in [0.717, 1.165) is 17.5 Å². The molecule has 0 spiro atoms. The zero-order valence-electron chi connectivity index (χ0n) is 8.50. The van der Waals surface area contributed by atoms with Crippen LogP contribution in [0.5, 0.6) is 0 Å². The molecule has 3 heteroatoms. The summed E-state index contributed by atoms with van der Waals surface area (Å²) in [4.78, 5) is 0. The topological polar surface area (TPSA) is 26.0 Å². The lowest BCUT2D eigenvalue weighted by atomic mass is 9.69. The Morgan fingerprint density at radius 1 is 1.27 bits per heavy atom. The Hall–Kier alpha value is -0.960. The van der Waals surface area contributed by atoms with Crippen molar-refractivity contribution in [2.75, 3.05) is 0 Å². The molecule has 2 atom stereocenters. The molecule has 0 radical (unpaired) electrons. The van der Waals surface area contributed by atoms with Crippen LogP contribution in [0, 0.1) is 5.92 Å². The van der Waals surface area contributed by atoms with Gasteiger partial charge in [0.1, 0.15) is 0 Å². The van der Waals surface area contributed by atoms with E-state index < -0.39 is 12.3 Å². The molecule has 1 aliphatic carbocycles.